The molecule has 10 nitrogen and oxygen atoms in total. The van der Waals surface area contributed by atoms with Crippen molar-refractivity contribution in [3.05, 3.63) is 22.5 Å². The molecule has 2 rings (SSSR count). The number of esters is 2. The molecule has 0 amide bonds. The summed E-state index contributed by atoms with van der Waals surface area (Å²) in [4.78, 5) is 36.6. The van der Waals surface area contributed by atoms with Crippen molar-refractivity contribution >= 4 is 29.5 Å². The second kappa shape index (κ2) is 6.92. The predicted molar refractivity (Wildman–Crippen MR) is 74.6 cm³/mol. The first-order chi connectivity index (χ1) is 10.8. The van der Waals surface area contributed by atoms with E-state index in [0.29, 0.717) is 0 Å². The Hall–Kier alpha value is -2.20. The molecule has 1 aliphatic rings. The molecule has 0 bridgehead atoms. The molecule has 0 aromatic carbocycles. The van der Waals surface area contributed by atoms with Crippen LogP contribution < -0.4 is 0 Å². The Labute approximate surface area is 135 Å². The minimum absolute atomic E-state index is 0.0608. The minimum Gasteiger partial charge on any atom is -0.455 e. The number of ether oxygens (including phenoxy) is 3. The van der Waals surface area contributed by atoms with Gasteiger partial charge in [0.25, 0.3) is 0 Å². The van der Waals surface area contributed by atoms with Crippen molar-refractivity contribution in [1.29, 1.82) is 0 Å². The molecule has 1 saturated heterocycles. The molecule has 0 spiro atoms. The van der Waals surface area contributed by atoms with E-state index in [4.69, 9.17) is 25.8 Å². The zero-order valence-corrected chi connectivity index (χ0v) is 13.0. The summed E-state index contributed by atoms with van der Waals surface area (Å²) >= 11 is 5.80. The maximum absolute atomic E-state index is 11.4. The number of halogens is 1. The van der Waals surface area contributed by atoms with Crippen LogP contribution in [0.5, 0.6) is 0 Å². The second-order valence-electron chi connectivity index (χ2n) is 4.76. The van der Waals surface area contributed by atoms with Crippen molar-refractivity contribution in [1.82, 2.24) is 9.55 Å². The van der Waals surface area contributed by atoms with Crippen molar-refractivity contribution < 1.29 is 28.7 Å². The van der Waals surface area contributed by atoms with Crippen molar-refractivity contribution in [2.24, 2.45) is 0 Å². The summed E-state index contributed by atoms with van der Waals surface area (Å²) in [6.45, 7) is 2.35. The molecule has 2 heterocycles. The predicted octanol–water partition coefficient (Wildman–Crippen LogP) is 0.791. The zero-order chi connectivity index (χ0) is 17.1. The van der Waals surface area contributed by atoms with Crippen molar-refractivity contribution in [3.8, 4) is 0 Å². The van der Waals surface area contributed by atoms with Gasteiger partial charge >= 0.3 is 17.9 Å². The number of hydrogen-bond donors (Lipinski definition) is 0. The number of aromatic nitrogens is 2. The first-order valence-electron chi connectivity index (χ1n) is 6.58. The van der Waals surface area contributed by atoms with Gasteiger partial charge in [-0.1, -0.05) is 4.98 Å². The summed E-state index contributed by atoms with van der Waals surface area (Å²) in [6, 6.07) is 0. The van der Waals surface area contributed by atoms with Gasteiger partial charge in [0, 0.05) is 13.8 Å². The monoisotopic (exact) mass is 347 g/mol. The molecule has 1 unspecified atom stereocenters. The van der Waals surface area contributed by atoms with Crippen LogP contribution in [0.15, 0.2) is 12.4 Å². The van der Waals surface area contributed by atoms with Crippen LogP contribution in [-0.2, 0) is 23.8 Å². The summed E-state index contributed by atoms with van der Waals surface area (Å²) in [6.07, 6.45) is -1.44. The molecule has 4 atom stereocenters. The smallest absolute Gasteiger partial charge is 0.436 e. The highest BCUT2D eigenvalue weighted by Crippen LogP contribution is 2.36. The zero-order valence-electron chi connectivity index (χ0n) is 12.2. The quantitative estimate of drug-likeness (QED) is 0.331. The average Bonchev–Trinajstić information content (AvgIpc) is 3.04. The highest BCUT2D eigenvalue weighted by atomic mass is 35.5. The van der Waals surface area contributed by atoms with E-state index in [9.17, 15) is 19.7 Å². The number of nitro groups is 1. The van der Waals surface area contributed by atoms with E-state index in [1.807, 2.05) is 0 Å². The van der Waals surface area contributed by atoms with Crippen LogP contribution in [0.4, 0.5) is 5.95 Å². The van der Waals surface area contributed by atoms with E-state index in [1.54, 1.807) is 0 Å². The van der Waals surface area contributed by atoms with Crippen LogP contribution in [0, 0.1) is 10.1 Å². The first-order valence-corrected chi connectivity index (χ1v) is 7.11. The fourth-order valence-electron chi connectivity index (χ4n) is 2.35. The Balaban J connectivity index is 2.39. The number of hydrogen-bond acceptors (Lipinski definition) is 8. The molecule has 1 aliphatic heterocycles. The summed E-state index contributed by atoms with van der Waals surface area (Å²) in [5.41, 5.74) is 0. The summed E-state index contributed by atoms with van der Waals surface area (Å²) in [5.74, 6) is -1.83. The lowest BCUT2D eigenvalue weighted by molar-refractivity contribution is -0.398. The summed E-state index contributed by atoms with van der Waals surface area (Å²) in [5, 5.41) is 11.0. The van der Waals surface area contributed by atoms with Gasteiger partial charge in [-0.05, 0) is 4.92 Å². The van der Waals surface area contributed by atoms with Crippen LogP contribution in [0.25, 0.3) is 0 Å². The maximum Gasteiger partial charge on any atom is 0.436 e. The molecular formula is C12H14ClN3O7. The molecule has 0 radical (unpaired) electrons. The van der Waals surface area contributed by atoms with Gasteiger partial charge in [0.2, 0.25) is 6.23 Å². The molecule has 23 heavy (non-hydrogen) atoms. The Bertz CT molecular complexity index is 620. The molecule has 1 fully saturated rings. The number of alkyl halides is 1. The number of rotatable bonds is 5. The molecular weight excluding hydrogens is 334 g/mol. The largest absolute Gasteiger partial charge is 0.455 e. The van der Waals surface area contributed by atoms with E-state index in [2.05, 4.69) is 4.98 Å². The van der Waals surface area contributed by atoms with Crippen LogP contribution in [-0.4, -0.2) is 50.6 Å². The number of imidazole rings is 1. The van der Waals surface area contributed by atoms with Gasteiger partial charge in [0.1, 0.15) is 18.5 Å². The van der Waals surface area contributed by atoms with Crippen molar-refractivity contribution in [2.45, 2.75) is 38.4 Å². The van der Waals surface area contributed by atoms with Gasteiger partial charge in [-0.2, -0.15) is 4.57 Å². The maximum atomic E-state index is 11.4. The minimum atomic E-state index is -1.09. The Morgan fingerprint density at radius 1 is 1.39 bits per heavy atom. The number of nitrogens with zero attached hydrogens (tertiary/aromatic N) is 3. The third-order valence-electron chi connectivity index (χ3n) is 3.13. The third kappa shape index (κ3) is 3.59. The highest BCUT2D eigenvalue weighted by Gasteiger charge is 2.52. The fourth-order valence-corrected chi connectivity index (χ4v) is 2.60. The molecule has 0 aliphatic carbocycles. The van der Waals surface area contributed by atoms with Gasteiger partial charge in [0.15, 0.2) is 12.2 Å². The Morgan fingerprint density at radius 3 is 2.52 bits per heavy atom. The van der Waals surface area contributed by atoms with Crippen molar-refractivity contribution in [2.75, 3.05) is 5.88 Å². The molecule has 1 aromatic rings. The van der Waals surface area contributed by atoms with E-state index >= 15 is 0 Å². The van der Waals surface area contributed by atoms with E-state index in [0.717, 1.165) is 11.5 Å². The van der Waals surface area contributed by atoms with Gasteiger partial charge < -0.3 is 24.3 Å². The SMILES string of the molecule is CC(=O)O[C@H]1[C@H](OC(C)=O)C(n2ccnc2[N+](=O)[O-])O[C@@H]1CCl. The average molecular weight is 348 g/mol. The highest BCUT2D eigenvalue weighted by molar-refractivity contribution is 6.18. The molecule has 126 valence electrons. The Morgan fingerprint density at radius 2 is 2.00 bits per heavy atom. The van der Waals surface area contributed by atoms with Crippen LogP contribution in [0.1, 0.15) is 20.1 Å². The summed E-state index contributed by atoms with van der Waals surface area (Å²) < 4.78 is 17.0. The van der Waals surface area contributed by atoms with E-state index < -0.39 is 47.4 Å². The topological polar surface area (TPSA) is 123 Å². The van der Waals surface area contributed by atoms with Gasteiger partial charge in [0.05, 0.1) is 5.88 Å². The molecule has 11 heteroatoms. The second-order valence-corrected chi connectivity index (χ2v) is 5.07. The summed E-state index contributed by atoms with van der Waals surface area (Å²) in [7, 11) is 0. The van der Waals surface area contributed by atoms with E-state index in [-0.39, 0.29) is 5.88 Å². The van der Waals surface area contributed by atoms with Crippen LogP contribution >= 0.6 is 11.6 Å². The van der Waals surface area contributed by atoms with Gasteiger partial charge in [-0.15, -0.1) is 11.6 Å². The lowest BCUT2D eigenvalue weighted by Crippen LogP contribution is -2.39. The fraction of sp³-hybridized carbons (Fsp3) is 0.583. The lowest BCUT2D eigenvalue weighted by atomic mass is 10.1. The third-order valence-corrected chi connectivity index (χ3v) is 3.43. The lowest BCUT2D eigenvalue weighted by Gasteiger charge is -2.22. The molecule has 0 N–H and O–H groups in total. The standard InChI is InChI=1S/C12H14ClN3O7/c1-6(17)21-9-8(5-13)23-11(10(9)22-7(2)18)15-4-3-14-12(15)16(19)20/h3-4,8-11H,5H2,1-2H3/t8-,9-,10+,11?/m1/s1. The number of carbonyl (C=O) groups excluding carboxylic acids is 2. The van der Waals surface area contributed by atoms with Crippen LogP contribution in [0.3, 0.4) is 0 Å². The Kier molecular flexibility index (Phi) is 5.16. The van der Waals surface area contributed by atoms with Gasteiger partial charge in [-0.25, -0.2) is 0 Å². The number of carbonyl (C=O) groups is 2. The van der Waals surface area contributed by atoms with Gasteiger partial charge in [-0.3, -0.25) is 9.59 Å². The van der Waals surface area contributed by atoms with Crippen molar-refractivity contribution in [3.63, 3.8) is 0 Å². The normalized spacial score (nSPS) is 26.7. The van der Waals surface area contributed by atoms with E-state index in [1.165, 1.54) is 19.3 Å². The molecule has 1 aromatic heterocycles. The van der Waals surface area contributed by atoms with Crippen LogP contribution in [0.2, 0.25) is 0 Å². The molecule has 0 saturated carbocycles. The first kappa shape index (κ1) is 17.2.